The van der Waals surface area contributed by atoms with Crippen molar-refractivity contribution >= 4 is 0 Å². The number of benzene rings is 3. The molecule has 0 N–H and O–H groups in total. The average Bonchev–Trinajstić information content (AvgIpc) is 2.70. The number of rotatable bonds is 9. The molecule has 0 aromatic heterocycles. The van der Waals surface area contributed by atoms with Crippen LogP contribution in [0.3, 0.4) is 0 Å². The van der Waals surface area contributed by atoms with Gasteiger partial charge in [-0.1, -0.05) is 61.0 Å². The van der Waals surface area contributed by atoms with Gasteiger partial charge >= 0.3 is 0 Å². The molecule has 140 valence electrons. The van der Waals surface area contributed by atoms with Crippen LogP contribution in [-0.4, -0.2) is 6.61 Å². The van der Waals surface area contributed by atoms with Crippen LogP contribution in [0.5, 0.6) is 0 Å². The van der Waals surface area contributed by atoms with Gasteiger partial charge in [-0.25, -0.2) is 8.78 Å². The lowest BCUT2D eigenvalue weighted by Crippen LogP contribution is -2.08. The highest BCUT2D eigenvalue weighted by molar-refractivity contribution is 5.30. The van der Waals surface area contributed by atoms with Crippen LogP contribution in [0.25, 0.3) is 0 Å². The standard InChI is InChI=1S/C24H24F2O/c25-22-14-10-20(11-15-22)24(21-12-16-23(26)17-13-21)27-18-6-2-5-9-19-7-3-1-4-8-19/h1,3-4,7-8,10-17,24H,2,5-6,9,18H2. The van der Waals surface area contributed by atoms with Gasteiger partial charge in [-0.3, -0.25) is 0 Å². The lowest BCUT2D eigenvalue weighted by Gasteiger charge is -2.19. The Morgan fingerprint density at radius 1 is 0.630 bits per heavy atom. The summed E-state index contributed by atoms with van der Waals surface area (Å²) in [4.78, 5) is 0. The molecule has 0 bridgehead atoms. The summed E-state index contributed by atoms with van der Waals surface area (Å²) in [6, 6.07) is 23.0. The molecule has 0 unspecified atom stereocenters. The third-order valence-corrected chi connectivity index (χ3v) is 4.58. The van der Waals surface area contributed by atoms with Gasteiger partial charge in [0.25, 0.3) is 0 Å². The van der Waals surface area contributed by atoms with E-state index in [1.807, 2.05) is 6.07 Å². The van der Waals surface area contributed by atoms with E-state index >= 15 is 0 Å². The Morgan fingerprint density at radius 3 is 1.74 bits per heavy atom. The number of hydrogen-bond donors (Lipinski definition) is 0. The van der Waals surface area contributed by atoms with E-state index in [1.165, 1.54) is 29.8 Å². The van der Waals surface area contributed by atoms with E-state index in [0.717, 1.165) is 36.8 Å². The summed E-state index contributed by atoms with van der Waals surface area (Å²) in [6.45, 7) is 0.605. The van der Waals surface area contributed by atoms with Gasteiger partial charge in [0.2, 0.25) is 0 Å². The molecule has 0 fully saturated rings. The van der Waals surface area contributed by atoms with Crippen molar-refractivity contribution in [1.29, 1.82) is 0 Å². The molecule has 0 spiro atoms. The number of unbranched alkanes of at least 4 members (excludes halogenated alkanes) is 2. The second-order valence-corrected chi connectivity index (χ2v) is 6.65. The quantitative estimate of drug-likeness (QED) is 0.394. The first-order valence-corrected chi connectivity index (χ1v) is 9.39. The molecule has 1 nitrogen and oxygen atoms in total. The Labute approximate surface area is 159 Å². The van der Waals surface area contributed by atoms with Crippen LogP contribution in [0.2, 0.25) is 0 Å². The third-order valence-electron chi connectivity index (χ3n) is 4.58. The molecule has 0 aliphatic heterocycles. The fourth-order valence-electron chi connectivity index (χ4n) is 3.11. The van der Waals surface area contributed by atoms with Crippen molar-refractivity contribution in [3.8, 4) is 0 Å². The minimum atomic E-state index is -0.319. The second kappa shape index (κ2) is 9.98. The van der Waals surface area contributed by atoms with Crippen molar-refractivity contribution in [3.05, 3.63) is 107 Å². The maximum absolute atomic E-state index is 13.2. The molecular formula is C24H24F2O. The Hall–Kier alpha value is -2.52. The first-order chi connectivity index (χ1) is 13.2. The van der Waals surface area contributed by atoms with E-state index in [4.69, 9.17) is 4.74 Å². The molecule has 0 radical (unpaired) electrons. The Morgan fingerprint density at radius 2 is 1.19 bits per heavy atom. The van der Waals surface area contributed by atoms with Gasteiger partial charge in [-0.05, 0) is 60.2 Å². The van der Waals surface area contributed by atoms with Crippen molar-refractivity contribution in [2.45, 2.75) is 31.8 Å². The largest absolute Gasteiger partial charge is 0.369 e. The fraction of sp³-hybridized carbons (Fsp3) is 0.250. The number of halogens is 2. The predicted octanol–water partition coefficient (Wildman–Crippen LogP) is 6.48. The highest BCUT2D eigenvalue weighted by atomic mass is 19.1. The van der Waals surface area contributed by atoms with Crippen LogP contribution >= 0.6 is 0 Å². The molecule has 0 saturated heterocycles. The van der Waals surface area contributed by atoms with Gasteiger partial charge in [0.15, 0.2) is 0 Å². The summed E-state index contributed by atoms with van der Waals surface area (Å²) >= 11 is 0. The molecule has 0 heterocycles. The molecule has 3 heteroatoms. The van der Waals surface area contributed by atoms with Crippen molar-refractivity contribution in [2.24, 2.45) is 0 Å². The highest BCUT2D eigenvalue weighted by Crippen LogP contribution is 2.27. The number of aryl methyl sites for hydroxylation is 1. The summed E-state index contributed by atoms with van der Waals surface area (Å²) in [5, 5.41) is 0. The maximum Gasteiger partial charge on any atom is 0.123 e. The molecule has 0 amide bonds. The highest BCUT2D eigenvalue weighted by Gasteiger charge is 2.15. The SMILES string of the molecule is Fc1ccc(C(OCCCCCc2ccccc2)c2ccc(F)cc2)cc1. The minimum Gasteiger partial charge on any atom is -0.369 e. The van der Waals surface area contributed by atoms with Crippen LogP contribution in [0.15, 0.2) is 78.9 Å². The van der Waals surface area contributed by atoms with Gasteiger partial charge in [0.05, 0.1) is 0 Å². The van der Waals surface area contributed by atoms with Crippen LogP contribution in [0.1, 0.15) is 42.1 Å². The van der Waals surface area contributed by atoms with Crippen molar-refractivity contribution in [1.82, 2.24) is 0 Å². The molecule has 0 atom stereocenters. The van der Waals surface area contributed by atoms with Crippen molar-refractivity contribution in [2.75, 3.05) is 6.61 Å². The lowest BCUT2D eigenvalue weighted by molar-refractivity contribution is 0.0768. The molecule has 27 heavy (non-hydrogen) atoms. The summed E-state index contributed by atoms with van der Waals surface area (Å²) in [7, 11) is 0. The van der Waals surface area contributed by atoms with Gasteiger partial charge in [0, 0.05) is 6.61 Å². The van der Waals surface area contributed by atoms with Crippen LogP contribution in [-0.2, 0) is 11.2 Å². The third kappa shape index (κ3) is 6.00. The second-order valence-electron chi connectivity index (χ2n) is 6.65. The Kier molecular flexibility index (Phi) is 7.11. The van der Waals surface area contributed by atoms with Crippen molar-refractivity contribution < 1.29 is 13.5 Å². The van der Waals surface area contributed by atoms with Crippen LogP contribution < -0.4 is 0 Å². The average molecular weight is 366 g/mol. The van der Waals surface area contributed by atoms with E-state index in [2.05, 4.69) is 24.3 Å². The molecule has 3 rings (SSSR count). The number of ether oxygens (including phenoxy) is 1. The molecule has 0 aliphatic carbocycles. The number of hydrogen-bond acceptors (Lipinski definition) is 1. The molecule has 3 aromatic rings. The maximum atomic E-state index is 13.2. The van der Waals surface area contributed by atoms with Gasteiger partial charge < -0.3 is 4.74 Å². The zero-order valence-corrected chi connectivity index (χ0v) is 15.3. The summed E-state index contributed by atoms with van der Waals surface area (Å²) in [5.41, 5.74) is 3.09. The summed E-state index contributed by atoms with van der Waals surface area (Å²) in [6.07, 6.45) is 3.89. The molecular weight excluding hydrogens is 342 g/mol. The summed E-state index contributed by atoms with van der Waals surface area (Å²) < 4.78 is 32.6. The van der Waals surface area contributed by atoms with Gasteiger partial charge in [-0.2, -0.15) is 0 Å². The van der Waals surface area contributed by atoms with E-state index in [1.54, 1.807) is 24.3 Å². The van der Waals surface area contributed by atoms with E-state index in [-0.39, 0.29) is 17.7 Å². The van der Waals surface area contributed by atoms with Gasteiger partial charge in [0.1, 0.15) is 17.7 Å². The first kappa shape index (κ1) is 19.2. The molecule has 0 saturated carbocycles. The van der Waals surface area contributed by atoms with Gasteiger partial charge in [-0.15, -0.1) is 0 Å². The summed E-state index contributed by atoms with van der Waals surface area (Å²) in [5.74, 6) is -0.560. The van der Waals surface area contributed by atoms with E-state index in [0.29, 0.717) is 6.61 Å². The normalized spacial score (nSPS) is 11.1. The van der Waals surface area contributed by atoms with Crippen LogP contribution in [0.4, 0.5) is 8.78 Å². The molecule has 0 aliphatic rings. The van der Waals surface area contributed by atoms with Crippen molar-refractivity contribution in [3.63, 3.8) is 0 Å². The zero-order chi connectivity index (χ0) is 18.9. The monoisotopic (exact) mass is 366 g/mol. The first-order valence-electron chi connectivity index (χ1n) is 9.39. The Bertz CT molecular complexity index is 753. The fourth-order valence-corrected chi connectivity index (χ4v) is 3.11. The Balaban J connectivity index is 1.54. The zero-order valence-electron chi connectivity index (χ0n) is 15.3. The topological polar surface area (TPSA) is 9.23 Å². The predicted molar refractivity (Wildman–Crippen MR) is 105 cm³/mol. The minimum absolute atomic E-state index is 0.280. The lowest BCUT2D eigenvalue weighted by atomic mass is 10.0. The van der Waals surface area contributed by atoms with E-state index in [9.17, 15) is 8.78 Å². The smallest absolute Gasteiger partial charge is 0.123 e. The van der Waals surface area contributed by atoms with E-state index < -0.39 is 0 Å². The van der Waals surface area contributed by atoms with Crippen LogP contribution in [0, 0.1) is 11.6 Å². The molecule has 3 aromatic carbocycles.